The van der Waals surface area contributed by atoms with Crippen molar-refractivity contribution >= 4 is 28.0 Å². The summed E-state index contributed by atoms with van der Waals surface area (Å²) in [6, 6.07) is 13.6. The molecule has 3 aromatic rings. The third kappa shape index (κ3) is 5.03. The molecule has 1 aliphatic carbocycles. The maximum atomic E-state index is 9.13. The Kier molecular flexibility index (Phi) is 6.91. The molecule has 32 heavy (non-hydrogen) atoms. The third-order valence-corrected chi connectivity index (χ3v) is 5.40. The Morgan fingerprint density at radius 2 is 2.06 bits per heavy atom. The van der Waals surface area contributed by atoms with Gasteiger partial charge in [0, 0.05) is 11.1 Å². The molecule has 0 saturated heterocycles. The zero-order valence-corrected chi connectivity index (χ0v) is 18.3. The molecule has 8 nitrogen and oxygen atoms in total. The minimum Gasteiger partial charge on any atom is -0.399 e. The molecule has 1 aliphatic rings. The summed E-state index contributed by atoms with van der Waals surface area (Å²) in [5, 5.41) is 18.5. The van der Waals surface area contributed by atoms with E-state index in [9.17, 15) is 0 Å². The van der Waals surface area contributed by atoms with Gasteiger partial charge in [-0.25, -0.2) is 4.98 Å². The van der Waals surface area contributed by atoms with Crippen molar-refractivity contribution in [2.75, 3.05) is 19.2 Å². The van der Waals surface area contributed by atoms with Crippen LogP contribution in [0.4, 0.5) is 5.69 Å². The molecular formula is C24H27N5O3. The summed E-state index contributed by atoms with van der Waals surface area (Å²) in [6.45, 7) is 2.38. The van der Waals surface area contributed by atoms with Gasteiger partial charge >= 0.3 is 0 Å². The molecule has 0 bridgehead atoms. The summed E-state index contributed by atoms with van der Waals surface area (Å²) in [5.41, 5.74) is 9.21. The molecule has 4 rings (SSSR count). The first kappa shape index (κ1) is 21.7. The van der Waals surface area contributed by atoms with Gasteiger partial charge in [0.2, 0.25) is 0 Å². The maximum absolute atomic E-state index is 9.13. The van der Waals surface area contributed by atoms with E-state index in [0.717, 1.165) is 77.1 Å². The number of hydrogen-bond donors (Lipinski definition) is 2. The average Bonchev–Trinajstić information content (AvgIpc) is 2.82. The lowest BCUT2D eigenvalue weighted by Crippen LogP contribution is -2.15. The number of nitrogens with zero attached hydrogens (tertiary/aromatic N) is 4. The normalized spacial score (nSPS) is 15.0. The van der Waals surface area contributed by atoms with Crippen molar-refractivity contribution in [3.05, 3.63) is 65.1 Å². The Morgan fingerprint density at radius 1 is 1.16 bits per heavy atom. The second-order valence-corrected chi connectivity index (χ2v) is 7.72. The molecule has 2 N–H and O–H groups in total. The molecule has 0 spiro atoms. The van der Waals surface area contributed by atoms with E-state index in [1.165, 1.54) is 7.11 Å². The molecule has 2 aromatic heterocycles. The standard InChI is InChI=1S/C24H27N5O3/c1-16(28-31-2)21-9-4-7-19(25-21)8-5-13-32-29-23-10-3-6-17-14-18-15-20(27-30)11-12-22(18)26-24(17)23/h4,7,9,11-12,14-15,27,30H,3,5-6,8,10,13H2,1-2H3/b28-16+,29-23+. The van der Waals surface area contributed by atoms with Gasteiger partial charge in [-0.2, -0.15) is 0 Å². The highest BCUT2D eigenvalue weighted by Gasteiger charge is 2.19. The Morgan fingerprint density at radius 3 is 2.91 bits per heavy atom. The summed E-state index contributed by atoms with van der Waals surface area (Å²) < 4.78 is 0. The number of aryl methyl sites for hydroxylation is 2. The van der Waals surface area contributed by atoms with Gasteiger partial charge < -0.3 is 9.68 Å². The van der Waals surface area contributed by atoms with Gasteiger partial charge in [-0.15, -0.1) is 0 Å². The molecule has 0 amide bonds. The lowest BCUT2D eigenvalue weighted by molar-refractivity contribution is 0.141. The van der Waals surface area contributed by atoms with Crippen LogP contribution in [0.15, 0.2) is 52.8 Å². The molecule has 0 aliphatic heterocycles. The first-order chi connectivity index (χ1) is 15.7. The number of fused-ring (bicyclic) bond motifs is 2. The molecule has 2 heterocycles. The van der Waals surface area contributed by atoms with E-state index >= 15 is 0 Å². The number of rotatable bonds is 8. The summed E-state index contributed by atoms with van der Waals surface area (Å²) in [6.07, 6.45) is 4.42. The highest BCUT2D eigenvalue weighted by molar-refractivity contribution is 6.02. The van der Waals surface area contributed by atoms with Crippen LogP contribution in [0.25, 0.3) is 10.9 Å². The highest BCUT2D eigenvalue weighted by Crippen LogP contribution is 2.26. The summed E-state index contributed by atoms with van der Waals surface area (Å²) >= 11 is 0. The van der Waals surface area contributed by atoms with Gasteiger partial charge in [-0.05, 0) is 81.0 Å². The Hall–Kier alpha value is -3.52. The summed E-state index contributed by atoms with van der Waals surface area (Å²) in [7, 11) is 1.53. The van der Waals surface area contributed by atoms with Crippen molar-refractivity contribution in [1.82, 2.24) is 9.97 Å². The molecule has 0 fully saturated rings. The average molecular weight is 434 g/mol. The second-order valence-electron chi connectivity index (χ2n) is 7.72. The largest absolute Gasteiger partial charge is 0.399 e. The van der Waals surface area contributed by atoms with Crippen molar-refractivity contribution in [3.8, 4) is 0 Å². The molecule has 0 saturated carbocycles. The number of nitrogens with one attached hydrogen (secondary N) is 1. The fourth-order valence-electron chi connectivity index (χ4n) is 3.83. The third-order valence-electron chi connectivity index (χ3n) is 5.40. The molecular weight excluding hydrogens is 406 g/mol. The number of oxime groups is 2. The topological polar surface area (TPSA) is 101 Å². The summed E-state index contributed by atoms with van der Waals surface area (Å²) in [5.74, 6) is 0. The molecule has 0 radical (unpaired) electrons. The van der Waals surface area contributed by atoms with Crippen LogP contribution < -0.4 is 5.48 Å². The Labute approximate surface area is 186 Å². The van der Waals surface area contributed by atoms with Gasteiger partial charge in [0.15, 0.2) is 0 Å². The van der Waals surface area contributed by atoms with Crippen molar-refractivity contribution in [2.24, 2.45) is 10.3 Å². The Balaban J connectivity index is 1.38. The van der Waals surface area contributed by atoms with E-state index in [4.69, 9.17) is 19.9 Å². The van der Waals surface area contributed by atoms with Crippen LogP contribution in [-0.2, 0) is 22.5 Å². The predicted molar refractivity (Wildman–Crippen MR) is 124 cm³/mol. The van der Waals surface area contributed by atoms with E-state index in [1.807, 2.05) is 37.3 Å². The molecule has 8 heteroatoms. The van der Waals surface area contributed by atoms with E-state index in [0.29, 0.717) is 12.3 Å². The van der Waals surface area contributed by atoms with Crippen LogP contribution in [0, 0.1) is 0 Å². The van der Waals surface area contributed by atoms with Crippen LogP contribution in [0.3, 0.4) is 0 Å². The van der Waals surface area contributed by atoms with Crippen molar-refractivity contribution < 1.29 is 14.9 Å². The number of benzene rings is 1. The van der Waals surface area contributed by atoms with Crippen LogP contribution in [0.1, 0.15) is 48.8 Å². The monoisotopic (exact) mass is 433 g/mol. The first-order valence-corrected chi connectivity index (χ1v) is 10.7. The van der Waals surface area contributed by atoms with E-state index in [1.54, 1.807) is 6.07 Å². The van der Waals surface area contributed by atoms with Crippen molar-refractivity contribution in [1.29, 1.82) is 0 Å². The lowest BCUT2D eigenvalue weighted by atomic mass is 9.93. The molecule has 0 atom stereocenters. The van der Waals surface area contributed by atoms with Gasteiger partial charge in [-0.3, -0.25) is 15.7 Å². The van der Waals surface area contributed by atoms with Crippen LogP contribution in [0.5, 0.6) is 0 Å². The fourth-order valence-corrected chi connectivity index (χ4v) is 3.83. The van der Waals surface area contributed by atoms with Crippen LogP contribution in [-0.4, -0.2) is 40.3 Å². The second kappa shape index (κ2) is 10.2. The predicted octanol–water partition coefficient (Wildman–Crippen LogP) is 4.49. The smallest absolute Gasteiger partial charge is 0.117 e. The van der Waals surface area contributed by atoms with Crippen molar-refractivity contribution in [2.45, 2.75) is 39.0 Å². The minimum absolute atomic E-state index is 0.509. The van der Waals surface area contributed by atoms with Gasteiger partial charge in [0.1, 0.15) is 25.1 Å². The number of aromatic nitrogens is 2. The van der Waals surface area contributed by atoms with Crippen LogP contribution >= 0.6 is 0 Å². The van der Waals surface area contributed by atoms with Crippen LogP contribution in [0.2, 0.25) is 0 Å². The van der Waals surface area contributed by atoms with Gasteiger partial charge in [0.25, 0.3) is 0 Å². The minimum atomic E-state index is 0.509. The molecule has 0 unspecified atom stereocenters. The number of pyridine rings is 2. The van der Waals surface area contributed by atoms with E-state index in [-0.39, 0.29) is 0 Å². The maximum Gasteiger partial charge on any atom is 0.117 e. The van der Waals surface area contributed by atoms with Crippen molar-refractivity contribution in [3.63, 3.8) is 0 Å². The first-order valence-electron chi connectivity index (χ1n) is 10.7. The van der Waals surface area contributed by atoms with E-state index in [2.05, 4.69) is 26.8 Å². The Bertz CT molecular complexity index is 1160. The summed E-state index contributed by atoms with van der Waals surface area (Å²) in [4.78, 5) is 19.9. The lowest BCUT2D eigenvalue weighted by Gasteiger charge is -2.17. The number of anilines is 1. The quantitative estimate of drug-likeness (QED) is 0.308. The zero-order chi connectivity index (χ0) is 22.3. The highest BCUT2D eigenvalue weighted by atomic mass is 16.6. The zero-order valence-electron chi connectivity index (χ0n) is 18.3. The van der Waals surface area contributed by atoms with Gasteiger partial charge in [0.05, 0.1) is 22.6 Å². The SMILES string of the molecule is CO/N=C(\C)c1cccc(CCCO/N=C2\CCCc3cc4cc(NO)ccc4nc32)n1. The molecule has 1 aromatic carbocycles. The number of hydrogen-bond acceptors (Lipinski definition) is 8. The fraction of sp³-hybridized carbons (Fsp3) is 0.333. The molecule has 166 valence electrons. The van der Waals surface area contributed by atoms with Gasteiger partial charge in [-0.1, -0.05) is 16.4 Å². The van der Waals surface area contributed by atoms with E-state index < -0.39 is 0 Å².